The van der Waals surface area contributed by atoms with E-state index in [0.29, 0.717) is 17.4 Å². The van der Waals surface area contributed by atoms with Crippen molar-refractivity contribution < 1.29 is 13.2 Å². The molecule has 0 saturated carbocycles. The van der Waals surface area contributed by atoms with Crippen molar-refractivity contribution in [2.75, 3.05) is 17.6 Å². The Morgan fingerprint density at radius 2 is 2.08 bits per heavy atom. The highest BCUT2D eigenvalue weighted by molar-refractivity contribution is 14.1. The van der Waals surface area contributed by atoms with Gasteiger partial charge in [-0.15, -0.1) is 0 Å². The Kier molecular flexibility index (Phi) is 3.63. The maximum absolute atomic E-state index is 12.2. The smallest absolute Gasteiger partial charge is 0.294 e. The Labute approximate surface area is 83.4 Å². The third-order valence-electron chi connectivity index (χ3n) is 2.14. The van der Waals surface area contributed by atoms with Crippen LogP contribution >= 0.6 is 22.6 Å². The van der Waals surface area contributed by atoms with Crippen LogP contribution in [0, 0.1) is 5.92 Å². The topological polar surface area (TPSA) is 3.24 Å². The van der Waals surface area contributed by atoms with E-state index >= 15 is 0 Å². The zero-order valence-electron chi connectivity index (χ0n) is 6.57. The van der Waals surface area contributed by atoms with Gasteiger partial charge in [0.2, 0.25) is 0 Å². The number of hydrogen-bond donors (Lipinski definition) is 0. The van der Waals surface area contributed by atoms with Crippen LogP contribution in [0.2, 0.25) is 0 Å². The fourth-order valence-electron chi connectivity index (χ4n) is 1.43. The SMILES string of the molecule is FC(F)(F)C1CCCN(CI)C1. The van der Waals surface area contributed by atoms with Gasteiger partial charge >= 0.3 is 6.18 Å². The molecule has 1 saturated heterocycles. The molecule has 1 fully saturated rings. The lowest BCUT2D eigenvalue weighted by Crippen LogP contribution is -2.40. The van der Waals surface area contributed by atoms with Crippen LogP contribution in [0.1, 0.15) is 12.8 Å². The normalized spacial score (nSPS) is 27.5. The molecule has 0 bridgehead atoms. The lowest BCUT2D eigenvalue weighted by atomic mass is 9.98. The molecule has 0 spiro atoms. The van der Waals surface area contributed by atoms with E-state index in [1.54, 1.807) is 0 Å². The van der Waals surface area contributed by atoms with Crippen molar-refractivity contribution in [2.45, 2.75) is 19.0 Å². The summed E-state index contributed by atoms with van der Waals surface area (Å²) in [7, 11) is 0. The summed E-state index contributed by atoms with van der Waals surface area (Å²) in [4.78, 5) is 1.85. The van der Waals surface area contributed by atoms with Crippen molar-refractivity contribution in [2.24, 2.45) is 5.92 Å². The van der Waals surface area contributed by atoms with Gasteiger partial charge < -0.3 is 0 Å². The highest BCUT2D eigenvalue weighted by Crippen LogP contribution is 2.33. The monoisotopic (exact) mass is 293 g/mol. The molecule has 1 unspecified atom stereocenters. The molecule has 0 aliphatic carbocycles. The van der Waals surface area contributed by atoms with Crippen molar-refractivity contribution >= 4 is 22.6 Å². The standard InChI is InChI=1S/C7H11F3IN/c8-7(9,10)6-2-1-3-12(4-6)5-11/h6H,1-5H2. The van der Waals surface area contributed by atoms with Crippen molar-refractivity contribution in [3.8, 4) is 0 Å². The summed E-state index contributed by atoms with van der Waals surface area (Å²) in [6.45, 7) is 1.00. The van der Waals surface area contributed by atoms with E-state index in [1.807, 2.05) is 4.90 Å². The second-order valence-corrected chi connectivity index (χ2v) is 3.76. The molecule has 0 aromatic heterocycles. The first-order valence-corrected chi connectivity index (χ1v) is 5.41. The average Bonchev–Trinajstić information content (AvgIpc) is 2.03. The summed E-state index contributed by atoms with van der Waals surface area (Å²) in [5.74, 6) is -1.10. The largest absolute Gasteiger partial charge is 0.393 e. The zero-order valence-corrected chi connectivity index (χ0v) is 8.73. The molecule has 1 nitrogen and oxygen atoms in total. The number of alkyl halides is 4. The van der Waals surface area contributed by atoms with Gasteiger partial charge in [-0.3, -0.25) is 4.90 Å². The maximum Gasteiger partial charge on any atom is 0.393 e. The molecule has 5 heteroatoms. The van der Waals surface area contributed by atoms with E-state index in [1.165, 1.54) is 0 Å². The van der Waals surface area contributed by atoms with Gasteiger partial charge in [0.05, 0.1) is 10.5 Å². The van der Waals surface area contributed by atoms with Gasteiger partial charge in [0.15, 0.2) is 0 Å². The second-order valence-electron chi connectivity index (χ2n) is 3.08. The molecule has 0 aromatic carbocycles. The Morgan fingerprint density at radius 3 is 2.58 bits per heavy atom. The molecule has 0 N–H and O–H groups in total. The van der Waals surface area contributed by atoms with Crippen LogP contribution in [0.15, 0.2) is 0 Å². The molecule has 0 aromatic rings. The molecule has 0 radical (unpaired) electrons. The summed E-state index contributed by atoms with van der Waals surface area (Å²) in [6.07, 6.45) is -3.02. The molecule has 1 atom stereocenters. The van der Waals surface area contributed by atoms with Gasteiger partial charge in [-0.2, -0.15) is 13.2 Å². The predicted molar refractivity (Wildman–Crippen MR) is 49.2 cm³/mol. The van der Waals surface area contributed by atoms with Crippen LogP contribution in [0.3, 0.4) is 0 Å². The van der Waals surface area contributed by atoms with Crippen LogP contribution in [0.25, 0.3) is 0 Å². The van der Waals surface area contributed by atoms with Gasteiger partial charge in [0, 0.05) is 6.54 Å². The lowest BCUT2D eigenvalue weighted by molar-refractivity contribution is -0.185. The second kappa shape index (κ2) is 4.13. The summed E-state index contributed by atoms with van der Waals surface area (Å²) < 4.78 is 37.4. The number of nitrogens with zero attached hydrogens (tertiary/aromatic N) is 1. The van der Waals surface area contributed by atoms with Crippen molar-refractivity contribution in [1.29, 1.82) is 0 Å². The fraction of sp³-hybridized carbons (Fsp3) is 1.00. The minimum absolute atomic E-state index is 0.187. The highest BCUT2D eigenvalue weighted by atomic mass is 127. The molecule has 1 rings (SSSR count). The number of hydrogen-bond acceptors (Lipinski definition) is 1. The van der Waals surface area contributed by atoms with E-state index in [2.05, 4.69) is 22.6 Å². The van der Waals surface area contributed by atoms with E-state index in [9.17, 15) is 13.2 Å². The molecule has 1 aliphatic heterocycles. The minimum Gasteiger partial charge on any atom is -0.294 e. The number of halogens is 4. The maximum atomic E-state index is 12.2. The molecule has 72 valence electrons. The Balaban J connectivity index is 2.46. The first-order chi connectivity index (χ1) is 5.54. The first-order valence-electron chi connectivity index (χ1n) is 3.89. The predicted octanol–water partition coefficient (Wildman–Crippen LogP) is 2.65. The zero-order chi connectivity index (χ0) is 9.19. The Hall–Kier alpha value is 0.480. The molecular formula is C7H11F3IN. The van der Waals surface area contributed by atoms with Crippen LogP contribution < -0.4 is 0 Å². The average molecular weight is 293 g/mol. The fourth-order valence-corrected chi connectivity index (χ4v) is 2.05. The van der Waals surface area contributed by atoms with Crippen LogP contribution in [-0.4, -0.2) is 28.7 Å². The summed E-state index contributed by atoms with van der Waals surface area (Å²) in [5, 5.41) is 0. The third-order valence-corrected chi connectivity index (χ3v) is 3.10. The molecule has 12 heavy (non-hydrogen) atoms. The molecule has 1 heterocycles. The van der Waals surface area contributed by atoms with Crippen molar-refractivity contribution in [1.82, 2.24) is 4.90 Å². The molecule has 1 aliphatic rings. The number of likely N-dealkylation sites (tertiary alicyclic amines) is 1. The Bertz CT molecular complexity index is 148. The minimum atomic E-state index is -4.00. The van der Waals surface area contributed by atoms with Crippen LogP contribution in [0.4, 0.5) is 13.2 Å². The first kappa shape index (κ1) is 10.6. The summed E-state index contributed by atoms with van der Waals surface area (Å²) in [6, 6.07) is 0. The Morgan fingerprint density at radius 1 is 1.42 bits per heavy atom. The van der Waals surface area contributed by atoms with Gasteiger partial charge in [-0.1, -0.05) is 22.6 Å². The van der Waals surface area contributed by atoms with E-state index in [-0.39, 0.29) is 6.54 Å². The van der Waals surface area contributed by atoms with Crippen LogP contribution in [-0.2, 0) is 0 Å². The van der Waals surface area contributed by atoms with Gasteiger partial charge in [-0.05, 0) is 19.4 Å². The highest BCUT2D eigenvalue weighted by Gasteiger charge is 2.41. The lowest BCUT2D eigenvalue weighted by Gasteiger charge is -2.32. The van der Waals surface area contributed by atoms with Crippen molar-refractivity contribution in [3.05, 3.63) is 0 Å². The van der Waals surface area contributed by atoms with Crippen molar-refractivity contribution in [3.63, 3.8) is 0 Å². The summed E-state index contributed by atoms with van der Waals surface area (Å²) in [5.41, 5.74) is 0. The van der Waals surface area contributed by atoms with Gasteiger partial charge in [0.25, 0.3) is 0 Å². The third kappa shape index (κ3) is 2.76. The van der Waals surface area contributed by atoms with E-state index in [0.717, 1.165) is 6.54 Å². The quantitative estimate of drug-likeness (QED) is 0.408. The van der Waals surface area contributed by atoms with E-state index in [4.69, 9.17) is 0 Å². The number of piperidine rings is 1. The molecule has 0 amide bonds. The van der Waals surface area contributed by atoms with Gasteiger partial charge in [-0.25, -0.2) is 0 Å². The number of rotatable bonds is 1. The van der Waals surface area contributed by atoms with Gasteiger partial charge in [0.1, 0.15) is 0 Å². The molecular weight excluding hydrogens is 282 g/mol. The summed E-state index contributed by atoms with van der Waals surface area (Å²) >= 11 is 2.10. The van der Waals surface area contributed by atoms with Crippen LogP contribution in [0.5, 0.6) is 0 Å². The van der Waals surface area contributed by atoms with E-state index < -0.39 is 12.1 Å².